The van der Waals surface area contributed by atoms with Crippen molar-refractivity contribution in [2.45, 2.75) is 26.3 Å². The maximum atomic E-state index is 3.44. The van der Waals surface area contributed by atoms with Crippen molar-refractivity contribution in [1.82, 2.24) is 5.32 Å². The van der Waals surface area contributed by atoms with Crippen molar-refractivity contribution in [3.63, 3.8) is 0 Å². The molecule has 0 aliphatic heterocycles. The third kappa shape index (κ3) is 2.58. The molecule has 1 N–H and O–H groups in total. The van der Waals surface area contributed by atoms with Crippen LogP contribution < -0.4 is 5.32 Å². The molecule has 0 aliphatic rings. The lowest BCUT2D eigenvalue weighted by molar-refractivity contribution is 0.565. The van der Waals surface area contributed by atoms with E-state index in [2.05, 4.69) is 48.8 Å². The molecule has 80 valence electrons. The van der Waals surface area contributed by atoms with Gasteiger partial charge in [0.1, 0.15) is 0 Å². The lowest BCUT2D eigenvalue weighted by atomic mass is 10.1. The van der Waals surface area contributed by atoms with Crippen molar-refractivity contribution in [2.75, 3.05) is 6.54 Å². The van der Waals surface area contributed by atoms with E-state index in [9.17, 15) is 0 Å². The zero-order valence-corrected chi connectivity index (χ0v) is 10.1. The van der Waals surface area contributed by atoms with Crippen molar-refractivity contribution in [3.05, 3.63) is 35.2 Å². The van der Waals surface area contributed by atoms with Crippen molar-refractivity contribution in [3.8, 4) is 0 Å². The molecule has 15 heavy (non-hydrogen) atoms. The summed E-state index contributed by atoms with van der Waals surface area (Å²) in [6.45, 7) is 5.43. The van der Waals surface area contributed by atoms with Gasteiger partial charge >= 0.3 is 0 Å². The first kappa shape index (κ1) is 10.7. The average Bonchev–Trinajstić information content (AvgIpc) is 2.65. The predicted octanol–water partition coefficient (Wildman–Crippen LogP) is 3.44. The highest BCUT2D eigenvalue weighted by molar-refractivity contribution is 7.17. The van der Waals surface area contributed by atoms with E-state index in [1.165, 1.54) is 15.6 Å². The van der Waals surface area contributed by atoms with Gasteiger partial charge in [0.15, 0.2) is 0 Å². The number of rotatable bonds is 4. The molecule has 1 nitrogen and oxygen atoms in total. The van der Waals surface area contributed by atoms with Gasteiger partial charge in [0.05, 0.1) is 0 Å². The second kappa shape index (κ2) is 4.77. The van der Waals surface area contributed by atoms with Crippen LogP contribution in [0.3, 0.4) is 0 Å². The Kier molecular flexibility index (Phi) is 3.39. The summed E-state index contributed by atoms with van der Waals surface area (Å²) in [7, 11) is 0. The van der Waals surface area contributed by atoms with E-state index < -0.39 is 0 Å². The number of hydrogen-bond acceptors (Lipinski definition) is 2. The van der Waals surface area contributed by atoms with Crippen LogP contribution in [0, 0.1) is 0 Å². The van der Waals surface area contributed by atoms with E-state index in [0.717, 1.165) is 13.0 Å². The van der Waals surface area contributed by atoms with Crippen LogP contribution in [-0.2, 0) is 6.42 Å². The van der Waals surface area contributed by atoms with Gasteiger partial charge in [0, 0.05) is 10.7 Å². The summed E-state index contributed by atoms with van der Waals surface area (Å²) in [5.41, 5.74) is 1.43. The van der Waals surface area contributed by atoms with Gasteiger partial charge in [0.2, 0.25) is 0 Å². The summed E-state index contributed by atoms with van der Waals surface area (Å²) in [6.07, 6.45) is 1.11. The molecule has 1 unspecified atom stereocenters. The molecule has 0 radical (unpaired) electrons. The Morgan fingerprint density at radius 1 is 1.33 bits per heavy atom. The van der Waals surface area contributed by atoms with Gasteiger partial charge in [-0.05, 0) is 48.4 Å². The maximum Gasteiger partial charge on any atom is 0.0342 e. The molecule has 1 aromatic heterocycles. The smallest absolute Gasteiger partial charge is 0.0342 e. The second-order valence-corrected chi connectivity index (χ2v) is 4.90. The van der Waals surface area contributed by atoms with E-state index in [-0.39, 0.29) is 0 Å². The molecule has 2 aromatic rings. The number of thiophene rings is 1. The van der Waals surface area contributed by atoms with Gasteiger partial charge in [-0.3, -0.25) is 0 Å². The van der Waals surface area contributed by atoms with Gasteiger partial charge < -0.3 is 5.32 Å². The summed E-state index contributed by atoms with van der Waals surface area (Å²) in [6, 6.07) is 9.54. The van der Waals surface area contributed by atoms with Crippen LogP contribution in [0.15, 0.2) is 29.6 Å². The molecule has 2 rings (SSSR count). The summed E-state index contributed by atoms with van der Waals surface area (Å²) < 4.78 is 1.38. The Morgan fingerprint density at radius 3 is 3.00 bits per heavy atom. The Balaban J connectivity index is 2.14. The molecule has 0 amide bonds. The van der Waals surface area contributed by atoms with Crippen molar-refractivity contribution in [2.24, 2.45) is 0 Å². The van der Waals surface area contributed by atoms with Crippen LogP contribution in [0.5, 0.6) is 0 Å². The Bertz CT molecular complexity index is 433. The van der Waals surface area contributed by atoms with Crippen LogP contribution in [-0.4, -0.2) is 12.6 Å². The quantitative estimate of drug-likeness (QED) is 0.830. The van der Waals surface area contributed by atoms with Gasteiger partial charge in [-0.2, -0.15) is 0 Å². The van der Waals surface area contributed by atoms with Crippen LogP contribution in [0.25, 0.3) is 10.1 Å². The summed E-state index contributed by atoms with van der Waals surface area (Å²) >= 11 is 1.81. The fourth-order valence-electron chi connectivity index (χ4n) is 1.92. The lowest BCUT2D eigenvalue weighted by Gasteiger charge is -2.11. The molecule has 0 fully saturated rings. The molecule has 1 aromatic carbocycles. The van der Waals surface area contributed by atoms with Crippen molar-refractivity contribution < 1.29 is 0 Å². The predicted molar refractivity (Wildman–Crippen MR) is 68.7 cm³/mol. The number of benzene rings is 1. The minimum atomic E-state index is 0.561. The highest BCUT2D eigenvalue weighted by Gasteiger charge is 2.02. The SMILES string of the molecule is CCNC(C)Cc1ccc2sccc2c1. The monoisotopic (exact) mass is 219 g/mol. The highest BCUT2D eigenvalue weighted by Crippen LogP contribution is 2.22. The molecule has 0 spiro atoms. The number of fused-ring (bicyclic) bond motifs is 1. The molecule has 0 bridgehead atoms. The second-order valence-electron chi connectivity index (χ2n) is 3.96. The van der Waals surface area contributed by atoms with Crippen LogP contribution in [0.2, 0.25) is 0 Å². The van der Waals surface area contributed by atoms with E-state index in [4.69, 9.17) is 0 Å². The normalized spacial score (nSPS) is 13.2. The van der Waals surface area contributed by atoms with Gasteiger partial charge in [0.25, 0.3) is 0 Å². The molecular formula is C13H17NS. The van der Waals surface area contributed by atoms with Gasteiger partial charge in [-0.15, -0.1) is 11.3 Å². The Hall–Kier alpha value is -0.860. The van der Waals surface area contributed by atoms with Crippen molar-refractivity contribution in [1.29, 1.82) is 0 Å². The first-order chi connectivity index (χ1) is 7.29. The zero-order chi connectivity index (χ0) is 10.7. The van der Waals surface area contributed by atoms with Gasteiger partial charge in [-0.1, -0.05) is 19.1 Å². The number of hydrogen-bond donors (Lipinski definition) is 1. The van der Waals surface area contributed by atoms with E-state index in [1.807, 2.05) is 11.3 Å². The molecular weight excluding hydrogens is 202 g/mol. The third-order valence-electron chi connectivity index (χ3n) is 2.61. The lowest BCUT2D eigenvalue weighted by Crippen LogP contribution is -2.27. The first-order valence-electron chi connectivity index (χ1n) is 5.49. The zero-order valence-electron chi connectivity index (χ0n) is 9.29. The first-order valence-corrected chi connectivity index (χ1v) is 6.37. The summed E-state index contributed by atoms with van der Waals surface area (Å²) in [5.74, 6) is 0. The Morgan fingerprint density at radius 2 is 2.20 bits per heavy atom. The molecule has 1 heterocycles. The van der Waals surface area contributed by atoms with Crippen molar-refractivity contribution >= 4 is 21.4 Å². The molecule has 0 saturated carbocycles. The molecule has 1 atom stereocenters. The Labute approximate surface area is 95.1 Å². The van der Waals surface area contributed by atoms with Crippen LogP contribution >= 0.6 is 11.3 Å². The topological polar surface area (TPSA) is 12.0 Å². The van der Waals surface area contributed by atoms with Crippen LogP contribution in [0.4, 0.5) is 0 Å². The minimum Gasteiger partial charge on any atom is -0.314 e. The van der Waals surface area contributed by atoms with E-state index in [1.54, 1.807) is 0 Å². The molecule has 2 heteroatoms. The highest BCUT2D eigenvalue weighted by atomic mass is 32.1. The summed E-state index contributed by atoms with van der Waals surface area (Å²) in [4.78, 5) is 0. The molecule has 0 saturated heterocycles. The summed E-state index contributed by atoms with van der Waals surface area (Å²) in [5, 5.41) is 6.97. The standard InChI is InChI=1S/C13H17NS/c1-3-14-10(2)8-11-4-5-13-12(9-11)6-7-15-13/h4-7,9-10,14H,3,8H2,1-2H3. The fourth-order valence-corrected chi connectivity index (χ4v) is 2.69. The van der Waals surface area contributed by atoms with E-state index in [0.29, 0.717) is 6.04 Å². The third-order valence-corrected chi connectivity index (χ3v) is 3.51. The number of nitrogens with one attached hydrogen (secondary N) is 1. The molecule has 0 aliphatic carbocycles. The average molecular weight is 219 g/mol. The largest absolute Gasteiger partial charge is 0.314 e. The van der Waals surface area contributed by atoms with Crippen LogP contribution in [0.1, 0.15) is 19.4 Å². The van der Waals surface area contributed by atoms with E-state index >= 15 is 0 Å². The van der Waals surface area contributed by atoms with Gasteiger partial charge in [-0.25, -0.2) is 0 Å². The number of likely N-dealkylation sites (N-methyl/N-ethyl adjacent to an activating group) is 1. The maximum absolute atomic E-state index is 3.44. The fraction of sp³-hybridized carbons (Fsp3) is 0.385. The minimum absolute atomic E-state index is 0.561.